The molecule has 1 amide bonds. The maximum Gasteiger partial charge on any atom is 0.451 e. The van der Waals surface area contributed by atoms with Crippen molar-refractivity contribution in [1.82, 2.24) is 25.3 Å². The molecule has 2 aromatic heterocycles. The summed E-state index contributed by atoms with van der Waals surface area (Å²) in [6.45, 7) is 7.47. The van der Waals surface area contributed by atoms with E-state index in [2.05, 4.69) is 25.3 Å². The van der Waals surface area contributed by atoms with Crippen LogP contribution in [0.15, 0.2) is 42.7 Å². The molecule has 6 nitrogen and oxygen atoms in total. The average Bonchev–Trinajstić information content (AvgIpc) is 2.73. The quantitative estimate of drug-likeness (QED) is 0.626. The lowest BCUT2D eigenvalue weighted by molar-refractivity contribution is -0.145. The number of carbonyl (C=O) groups excluding carboxylic acids is 1. The fourth-order valence-electron chi connectivity index (χ4n) is 2.77. The first-order chi connectivity index (χ1) is 14.5. The van der Waals surface area contributed by atoms with Crippen LogP contribution in [0, 0.1) is 6.92 Å². The molecule has 0 saturated heterocycles. The summed E-state index contributed by atoms with van der Waals surface area (Å²) in [6, 6.07) is 8.74. The van der Waals surface area contributed by atoms with Gasteiger partial charge in [0.05, 0.1) is 11.7 Å². The van der Waals surface area contributed by atoms with E-state index in [0.29, 0.717) is 17.1 Å². The van der Waals surface area contributed by atoms with E-state index in [1.54, 1.807) is 13.0 Å². The van der Waals surface area contributed by atoms with Gasteiger partial charge in [-0.15, -0.1) is 0 Å². The van der Waals surface area contributed by atoms with Crippen LogP contribution >= 0.6 is 0 Å². The molecule has 0 saturated carbocycles. The number of nitrogens with zero attached hydrogens (tertiary/aromatic N) is 4. The molecule has 0 aliphatic rings. The molecule has 0 aliphatic carbocycles. The number of hydrogen-bond donors (Lipinski definition) is 1. The Labute approximate surface area is 178 Å². The minimum Gasteiger partial charge on any atom is -0.344 e. The van der Waals surface area contributed by atoms with Crippen molar-refractivity contribution in [1.29, 1.82) is 0 Å². The number of hydrogen-bond acceptors (Lipinski definition) is 5. The van der Waals surface area contributed by atoms with Crippen molar-refractivity contribution in [3.8, 4) is 11.3 Å². The average molecular weight is 429 g/mol. The third-order valence-electron chi connectivity index (χ3n) is 4.61. The van der Waals surface area contributed by atoms with E-state index < -0.39 is 23.9 Å². The minimum absolute atomic E-state index is 0.00214. The molecule has 0 spiro atoms. The standard InChI is InChI=1S/C22H22F3N5O/c1-12(2)19-29-17(15-7-5-13(3)6-8-15)9-18(30-19)20(31)28-14(4)16-10-26-21(27-11-16)22(23,24)25/h5-12,14H,1-4H3,(H,28,31)/t14-/m1/s1. The van der Waals surface area contributed by atoms with Gasteiger partial charge < -0.3 is 5.32 Å². The zero-order valence-corrected chi connectivity index (χ0v) is 17.5. The fraction of sp³-hybridized carbons (Fsp3) is 0.318. The van der Waals surface area contributed by atoms with Crippen LogP contribution in [0.1, 0.15) is 66.0 Å². The predicted octanol–water partition coefficient (Wildman–Crippen LogP) is 4.88. The van der Waals surface area contributed by atoms with Crippen LogP contribution < -0.4 is 5.32 Å². The maximum atomic E-state index is 12.8. The van der Waals surface area contributed by atoms with Crippen LogP contribution in [0.3, 0.4) is 0 Å². The van der Waals surface area contributed by atoms with Gasteiger partial charge in [0, 0.05) is 29.4 Å². The first-order valence-electron chi connectivity index (χ1n) is 9.70. The number of rotatable bonds is 5. The van der Waals surface area contributed by atoms with Crippen molar-refractivity contribution in [2.45, 2.75) is 45.8 Å². The molecule has 1 N–H and O–H groups in total. The van der Waals surface area contributed by atoms with Crippen LogP contribution in [-0.2, 0) is 6.18 Å². The van der Waals surface area contributed by atoms with E-state index >= 15 is 0 Å². The van der Waals surface area contributed by atoms with Gasteiger partial charge in [0.1, 0.15) is 11.5 Å². The van der Waals surface area contributed by atoms with Crippen LogP contribution in [0.2, 0.25) is 0 Å². The molecule has 162 valence electrons. The number of halogens is 3. The number of aryl methyl sites for hydroxylation is 1. The van der Waals surface area contributed by atoms with Gasteiger partial charge in [0.25, 0.3) is 5.91 Å². The van der Waals surface area contributed by atoms with Crippen LogP contribution in [-0.4, -0.2) is 25.8 Å². The lowest BCUT2D eigenvalue weighted by atomic mass is 10.1. The third-order valence-corrected chi connectivity index (χ3v) is 4.61. The summed E-state index contributed by atoms with van der Waals surface area (Å²) >= 11 is 0. The summed E-state index contributed by atoms with van der Waals surface area (Å²) in [5.41, 5.74) is 3.10. The van der Waals surface area contributed by atoms with Crippen LogP contribution in [0.25, 0.3) is 11.3 Å². The monoisotopic (exact) mass is 429 g/mol. The Bertz CT molecular complexity index is 1060. The first-order valence-corrected chi connectivity index (χ1v) is 9.70. The lowest BCUT2D eigenvalue weighted by Gasteiger charge is -2.15. The molecule has 31 heavy (non-hydrogen) atoms. The largest absolute Gasteiger partial charge is 0.451 e. The smallest absolute Gasteiger partial charge is 0.344 e. The lowest BCUT2D eigenvalue weighted by Crippen LogP contribution is -2.28. The number of amides is 1. The molecule has 3 rings (SSSR count). The van der Waals surface area contributed by atoms with Crippen molar-refractivity contribution in [3.63, 3.8) is 0 Å². The molecule has 0 aliphatic heterocycles. The summed E-state index contributed by atoms with van der Waals surface area (Å²) in [5.74, 6) is -1.17. The van der Waals surface area contributed by atoms with Crippen molar-refractivity contribution >= 4 is 5.91 Å². The van der Waals surface area contributed by atoms with Gasteiger partial charge in [0.15, 0.2) is 0 Å². The fourth-order valence-corrected chi connectivity index (χ4v) is 2.77. The number of aromatic nitrogens is 4. The normalized spacial score (nSPS) is 12.6. The molecule has 3 aromatic rings. The highest BCUT2D eigenvalue weighted by Crippen LogP contribution is 2.26. The summed E-state index contributed by atoms with van der Waals surface area (Å²) in [7, 11) is 0. The van der Waals surface area contributed by atoms with Gasteiger partial charge in [-0.05, 0) is 19.9 Å². The van der Waals surface area contributed by atoms with Gasteiger partial charge >= 0.3 is 6.18 Å². The molecule has 0 fully saturated rings. The van der Waals surface area contributed by atoms with Gasteiger partial charge in [-0.3, -0.25) is 4.79 Å². The van der Waals surface area contributed by atoms with E-state index in [1.165, 1.54) is 0 Å². The topological polar surface area (TPSA) is 80.7 Å². The second-order valence-corrected chi connectivity index (χ2v) is 7.55. The van der Waals surface area contributed by atoms with Gasteiger partial charge in [-0.1, -0.05) is 43.7 Å². The Morgan fingerprint density at radius 3 is 2.16 bits per heavy atom. The molecule has 1 aromatic carbocycles. The van der Waals surface area contributed by atoms with Crippen LogP contribution in [0.5, 0.6) is 0 Å². The Morgan fingerprint density at radius 1 is 1.00 bits per heavy atom. The molecule has 9 heteroatoms. The Morgan fingerprint density at radius 2 is 1.61 bits per heavy atom. The number of alkyl halides is 3. The summed E-state index contributed by atoms with van der Waals surface area (Å²) in [4.78, 5) is 28.5. The summed E-state index contributed by atoms with van der Waals surface area (Å²) in [5, 5.41) is 2.73. The van der Waals surface area contributed by atoms with Crippen molar-refractivity contribution < 1.29 is 18.0 Å². The highest BCUT2D eigenvalue weighted by atomic mass is 19.4. The Balaban J connectivity index is 1.85. The SMILES string of the molecule is Cc1ccc(-c2cc(C(=O)N[C@H](C)c3cnc(C(F)(F)F)nc3)nc(C(C)C)n2)cc1. The molecule has 0 unspecified atom stereocenters. The Kier molecular flexibility index (Phi) is 6.33. The first kappa shape index (κ1) is 22.3. The van der Waals surface area contributed by atoms with Crippen LogP contribution in [0.4, 0.5) is 13.2 Å². The molecular weight excluding hydrogens is 407 g/mol. The van der Waals surface area contributed by atoms with Crippen molar-refractivity contribution in [3.05, 3.63) is 71.2 Å². The van der Waals surface area contributed by atoms with Crippen molar-refractivity contribution in [2.75, 3.05) is 0 Å². The zero-order valence-electron chi connectivity index (χ0n) is 17.5. The van der Waals surface area contributed by atoms with E-state index in [9.17, 15) is 18.0 Å². The third kappa shape index (κ3) is 5.42. The predicted molar refractivity (Wildman–Crippen MR) is 109 cm³/mol. The summed E-state index contributed by atoms with van der Waals surface area (Å²) < 4.78 is 37.9. The van der Waals surface area contributed by atoms with E-state index in [-0.39, 0.29) is 11.6 Å². The number of benzene rings is 1. The molecule has 2 heterocycles. The highest BCUT2D eigenvalue weighted by molar-refractivity contribution is 5.93. The van der Waals surface area contributed by atoms with Crippen molar-refractivity contribution in [2.24, 2.45) is 0 Å². The number of carbonyl (C=O) groups is 1. The van der Waals surface area contributed by atoms with Gasteiger partial charge in [-0.2, -0.15) is 13.2 Å². The van der Waals surface area contributed by atoms with Gasteiger partial charge in [0.2, 0.25) is 5.82 Å². The number of nitrogens with one attached hydrogen (secondary N) is 1. The van der Waals surface area contributed by atoms with E-state index in [0.717, 1.165) is 23.5 Å². The molecule has 0 radical (unpaired) electrons. The second kappa shape index (κ2) is 8.79. The molecular formula is C22H22F3N5O. The zero-order chi connectivity index (χ0) is 22.8. The van der Waals surface area contributed by atoms with E-state index in [1.807, 2.05) is 45.0 Å². The molecule has 1 atom stereocenters. The van der Waals surface area contributed by atoms with Gasteiger partial charge in [-0.25, -0.2) is 19.9 Å². The minimum atomic E-state index is -4.62. The summed E-state index contributed by atoms with van der Waals surface area (Å²) in [6.07, 6.45) is -2.51. The maximum absolute atomic E-state index is 12.8. The molecule has 0 bridgehead atoms. The van der Waals surface area contributed by atoms with E-state index in [4.69, 9.17) is 0 Å². The Hall–Kier alpha value is -3.36. The second-order valence-electron chi connectivity index (χ2n) is 7.55. The highest BCUT2D eigenvalue weighted by Gasteiger charge is 2.34.